The first-order valence-corrected chi connectivity index (χ1v) is 5.61. The number of hydrogen-bond donors (Lipinski definition) is 0. The van der Waals surface area contributed by atoms with Crippen LogP contribution in [0.25, 0.3) is 0 Å². The van der Waals surface area contributed by atoms with E-state index < -0.39 is 46.3 Å². The maximum atomic E-state index is 12.4. The number of rotatable bonds is 4. The fourth-order valence-electron chi connectivity index (χ4n) is 0.866. The van der Waals surface area contributed by atoms with Crippen LogP contribution in [0, 0.1) is 0 Å². The molecule has 0 bridgehead atoms. The van der Waals surface area contributed by atoms with Gasteiger partial charge in [-0.3, -0.25) is 4.98 Å². The molecule has 0 unspecified atom stereocenters. The van der Waals surface area contributed by atoms with Crippen molar-refractivity contribution in [1.29, 1.82) is 0 Å². The average Bonchev–Trinajstić information content (AvgIpc) is 2.27. The zero-order chi connectivity index (χ0) is 17.3. The van der Waals surface area contributed by atoms with E-state index in [9.17, 15) is 30.4 Å². The van der Waals surface area contributed by atoms with Crippen LogP contribution in [0.1, 0.15) is 16.2 Å². The van der Waals surface area contributed by atoms with Gasteiger partial charge in [-0.05, 0) is 0 Å². The summed E-state index contributed by atoms with van der Waals surface area (Å²) in [5, 5.41) is 0. The predicted molar refractivity (Wildman–Crippen MR) is 51.3 cm³/mol. The van der Waals surface area contributed by atoms with Crippen molar-refractivity contribution in [3.63, 3.8) is 0 Å². The Morgan fingerprint density at radius 3 is 2.47 bits per heavy atom. The molecular weight excluding hydrogens is 301 g/mol. The number of alkyl halides is 5. The highest BCUT2D eigenvalue weighted by Crippen LogP contribution is 2.34. The van der Waals surface area contributed by atoms with E-state index >= 15 is 0 Å². The van der Waals surface area contributed by atoms with Crippen LogP contribution in [0.3, 0.4) is 0 Å². The summed E-state index contributed by atoms with van der Waals surface area (Å²) in [6.07, 6.45) is -2.95. The average molecular weight is 310 g/mol. The van der Waals surface area contributed by atoms with Gasteiger partial charge >= 0.3 is 15.6 Å². The van der Waals surface area contributed by atoms with Crippen molar-refractivity contribution in [2.24, 2.45) is 0 Å². The highest BCUT2D eigenvalue weighted by atomic mass is 32.2. The van der Waals surface area contributed by atoms with Crippen molar-refractivity contribution in [2.75, 3.05) is 7.04 Å². The van der Waals surface area contributed by atoms with Crippen LogP contribution in [0.15, 0.2) is 12.3 Å². The zero-order valence-corrected chi connectivity index (χ0v) is 9.43. The predicted octanol–water partition coefficient (Wildman–Crippen LogP) is 2.26. The van der Waals surface area contributed by atoms with E-state index in [0.717, 1.165) is 0 Å². The molecule has 0 aromatic carbocycles. The minimum atomic E-state index is -6.21. The van der Waals surface area contributed by atoms with Crippen LogP contribution in [0.4, 0.5) is 22.0 Å². The minimum Gasteiger partial charge on any atom is -0.491 e. The molecular formula is C8H6F5NO4S. The molecule has 0 aliphatic heterocycles. The maximum Gasteiger partial charge on any atom is 0.534 e. The Hall–Kier alpha value is -1.65. The van der Waals surface area contributed by atoms with E-state index in [1.807, 2.05) is 0 Å². The van der Waals surface area contributed by atoms with Crippen molar-refractivity contribution in [1.82, 2.24) is 4.98 Å². The Kier molecular flexibility index (Phi) is 3.04. The van der Waals surface area contributed by atoms with Gasteiger partial charge < -0.3 is 8.92 Å². The number of nitrogens with zero attached hydrogens (tertiary/aromatic N) is 1. The van der Waals surface area contributed by atoms with Gasteiger partial charge in [0, 0.05) is 6.07 Å². The summed E-state index contributed by atoms with van der Waals surface area (Å²) >= 11 is 0. The van der Waals surface area contributed by atoms with Crippen LogP contribution in [0.2, 0.25) is 0 Å². The molecule has 19 heavy (non-hydrogen) atoms. The maximum absolute atomic E-state index is 12.4. The number of hydrogen-bond acceptors (Lipinski definition) is 5. The highest BCUT2D eigenvalue weighted by Gasteiger charge is 2.49. The van der Waals surface area contributed by atoms with Gasteiger partial charge in [0.05, 0.1) is 17.3 Å². The fourth-order valence-corrected chi connectivity index (χ4v) is 1.33. The third-order valence-electron chi connectivity index (χ3n) is 1.67. The first kappa shape index (κ1) is 11.2. The van der Waals surface area contributed by atoms with Crippen molar-refractivity contribution in [3.05, 3.63) is 18.0 Å². The number of aromatic nitrogens is 1. The Morgan fingerprint density at radius 2 is 2.00 bits per heavy atom. The summed E-state index contributed by atoms with van der Waals surface area (Å²) < 4.78 is 111. The van der Waals surface area contributed by atoms with E-state index in [1.165, 1.54) is 0 Å². The normalized spacial score (nSPS) is 15.6. The highest BCUT2D eigenvalue weighted by molar-refractivity contribution is 7.88. The monoisotopic (exact) mass is 310 g/mol. The molecule has 1 aromatic rings. The number of ether oxygens (including phenoxy) is 1. The molecule has 5 nitrogen and oxygen atoms in total. The van der Waals surface area contributed by atoms with E-state index in [1.54, 1.807) is 0 Å². The molecule has 0 saturated heterocycles. The van der Waals surface area contributed by atoms with Crippen molar-refractivity contribution in [2.45, 2.75) is 11.9 Å². The number of pyridine rings is 1. The molecule has 0 saturated carbocycles. The SMILES string of the molecule is [2H]C([2H])([2H])Oc1cnc(C(F)F)cc1OS(=O)(=O)C(F)(F)F. The molecule has 1 rings (SSSR count). The topological polar surface area (TPSA) is 65.5 Å². The lowest BCUT2D eigenvalue weighted by atomic mass is 10.3. The minimum absolute atomic E-state index is 0.134. The largest absolute Gasteiger partial charge is 0.534 e. The fraction of sp³-hybridized carbons (Fsp3) is 0.375. The smallest absolute Gasteiger partial charge is 0.491 e. The molecule has 0 spiro atoms. The summed E-state index contributed by atoms with van der Waals surface area (Å²) in [5.41, 5.74) is -6.98. The first-order chi connectivity index (χ1) is 9.73. The van der Waals surface area contributed by atoms with Gasteiger partial charge in [-0.15, -0.1) is 0 Å². The lowest BCUT2D eigenvalue weighted by molar-refractivity contribution is -0.0500. The van der Waals surface area contributed by atoms with Gasteiger partial charge in [0.25, 0.3) is 6.43 Å². The summed E-state index contributed by atoms with van der Waals surface area (Å²) in [5.74, 6) is -2.45. The van der Waals surface area contributed by atoms with Crippen molar-refractivity contribution in [3.8, 4) is 11.5 Å². The van der Waals surface area contributed by atoms with E-state index in [0.29, 0.717) is 6.20 Å². The molecule has 0 N–H and O–H groups in total. The molecule has 108 valence electrons. The van der Waals surface area contributed by atoms with Crippen LogP contribution in [-0.4, -0.2) is 25.9 Å². The van der Waals surface area contributed by atoms with Gasteiger partial charge in [-0.25, -0.2) is 8.78 Å². The molecule has 11 heteroatoms. The first-order valence-electron chi connectivity index (χ1n) is 5.71. The van der Waals surface area contributed by atoms with Gasteiger partial charge in [0.2, 0.25) is 0 Å². The second-order valence-electron chi connectivity index (χ2n) is 2.94. The van der Waals surface area contributed by atoms with E-state index in [4.69, 9.17) is 4.11 Å². The van der Waals surface area contributed by atoms with Crippen molar-refractivity contribution >= 4 is 10.1 Å². The van der Waals surface area contributed by atoms with Crippen LogP contribution in [-0.2, 0) is 10.1 Å². The lowest BCUT2D eigenvalue weighted by Crippen LogP contribution is -2.28. The third-order valence-corrected chi connectivity index (χ3v) is 2.64. The molecule has 0 fully saturated rings. The molecule has 0 atom stereocenters. The lowest BCUT2D eigenvalue weighted by Gasteiger charge is -2.12. The molecule has 0 aliphatic rings. The Bertz CT molecular complexity index is 646. The van der Waals surface area contributed by atoms with E-state index in [-0.39, 0.29) is 6.07 Å². The molecule has 1 aromatic heterocycles. The van der Waals surface area contributed by atoms with Crippen LogP contribution in [0.5, 0.6) is 11.5 Å². The van der Waals surface area contributed by atoms with Crippen LogP contribution >= 0.6 is 0 Å². The zero-order valence-electron chi connectivity index (χ0n) is 11.6. The van der Waals surface area contributed by atoms with Gasteiger partial charge in [-0.1, -0.05) is 0 Å². The summed E-state index contributed by atoms with van der Waals surface area (Å²) in [4.78, 5) is 3.03. The summed E-state index contributed by atoms with van der Waals surface area (Å²) in [7, 11) is -9.41. The molecule has 0 aliphatic carbocycles. The Morgan fingerprint density at radius 1 is 1.37 bits per heavy atom. The van der Waals surface area contributed by atoms with Crippen LogP contribution < -0.4 is 8.92 Å². The quantitative estimate of drug-likeness (QED) is 0.485. The summed E-state index contributed by atoms with van der Waals surface area (Å²) in [6.45, 7) is 0. The van der Waals surface area contributed by atoms with Gasteiger partial charge in [0.1, 0.15) is 5.69 Å². The standard InChI is InChI=1S/C8H6F5NO4S/c1-17-6-3-14-4(7(9)10)2-5(6)18-19(15,16)8(11,12)13/h2-3,7H,1H3/i1D3. The molecule has 1 heterocycles. The summed E-state index contributed by atoms with van der Waals surface area (Å²) in [6, 6.07) is 0.134. The second-order valence-corrected chi connectivity index (χ2v) is 4.48. The van der Waals surface area contributed by atoms with E-state index in [2.05, 4.69) is 13.9 Å². The Balaban J connectivity index is 3.32. The van der Waals surface area contributed by atoms with Gasteiger partial charge in [0.15, 0.2) is 11.5 Å². The third kappa shape index (κ3) is 3.43. The number of methoxy groups -OCH3 is 1. The van der Waals surface area contributed by atoms with Gasteiger partial charge in [-0.2, -0.15) is 21.6 Å². The number of halogens is 5. The Labute approximate surface area is 108 Å². The molecule has 0 radical (unpaired) electrons. The molecule has 0 amide bonds. The second kappa shape index (κ2) is 5.15. The van der Waals surface area contributed by atoms with Crippen molar-refractivity contribution < 1.29 is 43.4 Å².